The number of hydrazine groups is 1. The Bertz CT molecular complexity index is 557. The Balaban J connectivity index is 2.13. The lowest BCUT2D eigenvalue weighted by Gasteiger charge is -2.07. The molecule has 0 aliphatic heterocycles. The summed E-state index contributed by atoms with van der Waals surface area (Å²) in [7, 11) is 0. The molecule has 0 aliphatic carbocycles. The Labute approximate surface area is 101 Å². The van der Waals surface area contributed by atoms with Gasteiger partial charge in [0.15, 0.2) is 23.3 Å². The third-order valence-electron chi connectivity index (χ3n) is 2.14. The summed E-state index contributed by atoms with van der Waals surface area (Å²) in [4.78, 5) is 7.57. The van der Waals surface area contributed by atoms with Crippen LogP contribution in [0.15, 0.2) is 16.7 Å². The van der Waals surface area contributed by atoms with Crippen LogP contribution in [0, 0.1) is 18.6 Å². The van der Waals surface area contributed by atoms with Crippen LogP contribution >= 0.6 is 0 Å². The zero-order valence-corrected chi connectivity index (χ0v) is 9.50. The summed E-state index contributed by atoms with van der Waals surface area (Å²) < 4.78 is 31.7. The van der Waals surface area contributed by atoms with Crippen molar-refractivity contribution in [3.05, 3.63) is 35.5 Å². The second-order valence-corrected chi connectivity index (χ2v) is 3.51. The van der Waals surface area contributed by atoms with E-state index in [1.807, 2.05) is 5.43 Å². The molecule has 0 fully saturated rings. The summed E-state index contributed by atoms with van der Waals surface area (Å²) in [5.41, 5.74) is 2.03. The van der Waals surface area contributed by atoms with Crippen molar-refractivity contribution < 1.29 is 13.2 Å². The monoisotopic (exact) mass is 255 g/mol. The van der Waals surface area contributed by atoms with Crippen molar-refractivity contribution in [3.8, 4) is 0 Å². The zero-order valence-electron chi connectivity index (χ0n) is 9.50. The number of rotatable bonds is 4. The standard InChI is InChI=1S/C10H11F2N5O/c1-5-3-14-8(18-5)4-15-9-6(11)2-7(12)10(16-9)17-13/h2-3H,4,13H2,1H3,(H2,15,16,17). The minimum atomic E-state index is -0.868. The first-order valence-corrected chi connectivity index (χ1v) is 5.08. The van der Waals surface area contributed by atoms with Crippen LogP contribution in [-0.2, 0) is 6.54 Å². The number of hydrogen-bond acceptors (Lipinski definition) is 6. The van der Waals surface area contributed by atoms with E-state index in [9.17, 15) is 8.78 Å². The lowest BCUT2D eigenvalue weighted by molar-refractivity contribution is 0.478. The van der Waals surface area contributed by atoms with Crippen LogP contribution in [0.25, 0.3) is 0 Å². The Hall–Kier alpha value is -2.22. The molecule has 8 heteroatoms. The summed E-state index contributed by atoms with van der Waals surface area (Å²) in [5, 5.41) is 2.64. The molecule has 96 valence electrons. The predicted molar refractivity (Wildman–Crippen MR) is 60.5 cm³/mol. The van der Waals surface area contributed by atoms with Gasteiger partial charge in [-0.3, -0.25) is 0 Å². The van der Waals surface area contributed by atoms with Gasteiger partial charge >= 0.3 is 0 Å². The first kappa shape index (κ1) is 12.2. The maximum absolute atomic E-state index is 13.4. The number of nitrogens with two attached hydrogens (primary N) is 1. The molecule has 0 bridgehead atoms. The molecule has 6 nitrogen and oxygen atoms in total. The topological polar surface area (TPSA) is 89.0 Å². The molecule has 0 aliphatic rings. The van der Waals surface area contributed by atoms with Gasteiger partial charge in [0.1, 0.15) is 5.76 Å². The van der Waals surface area contributed by atoms with Crippen LogP contribution in [0.4, 0.5) is 20.4 Å². The molecule has 0 saturated carbocycles. The van der Waals surface area contributed by atoms with Gasteiger partial charge in [-0.2, -0.15) is 0 Å². The molecule has 0 atom stereocenters. The molecule has 2 heterocycles. The van der Waals surface area contributed by atoms with Crippen molar-refractivity contribution in [3.63, 3.8) is 0 Å². The highest BCUT2D eigenvalue weighted by molar-refractivity contribution is 5.46. The van der Waals surface area contributed by atoms with E-state index >= 15 is 0 Å². The van der Waals surface area contributed by atoms with E-state index < -0.39 is 11.6 Å². The maximum Gasteiger partial charge on any atom is 0.213 e. The fraction of sp³-hybridized carbons (Fsp3) is 0.200. The molecule has 18 heavy (non-hydrogen) atoms. The maximum atomic E-state index is 13.4. The number of hydrogen-bond donors (Lipinski definition) is 3. The molecule has 4 N–H and O–H groups in total. The summed E-state index contributed by atoms with van der Waals surface area (Å²) in [6.07, 6.45) is 1.54. The smallest absolute Gasteiger partial charge is 0.213 e. The second-order valence-electron chi connectivity index (χ2n) is 3.51. The highest BCUT2D eigenvalue weighted by Gasteiger charge is 2.11. The van der Waals surface area contributed by atoms with Gasteiger partial charge in [-0.1, -0.05) is 0 Å². The number of nitrogens with one attached hydrogen (secondary N) is 2. The molecule has 2 rings (SSSR count). The Kier molecular flexibility index (Phi) is 3.38. The number of nitrogens with zero attached hydrogens (tertiary/aromatic N) is 2. The van der Waals surface area contributed by atoms with Gasteiger partial charge in [-0.25, -0.2) is 24.6 Å². The van der Waals surface area contributed by atoms with Crippen LogP contribution in [-0.4, -0.2) is 9.97 Å². The molecule has 0 radical (unpaired) electrons. The zero-order chi connectivity index (χ0) is 13.1. The average Bonchev–Trinajstić information content (AvgIpc) is 2.74. The van der Waals surface area contributed by atoms with Gasteiger partial charge in [-0.15, -0.1) is 0 Å². The third kappa shape index (κ3) is 2.54. The molecular weight excluding hydrogens is 244 g/mol. The van der Waals surface area contributed by atoms with E-state index in [0.29, 0.717) is 17.7 Å². The summed E-state index contributed by atoms with van der Waals surface area (Å²) in [6, 6.07) is 0.686. The second kappa shape index (κ2) is 4.96. The van der Waals surface area contributed by atoms with Crippen molar-refractivity contribution in [2.24, 2.45) is 5.84 Å². The van der Waals surface area contributed by atoms with Crippen molar-refractivity contribution >= 4 is 11.6 Å². The Morgan fingerprint density at radius 2 is 2.06 bits per heavy atom. The number of nitrogen functional groups attached to an aromatic ring is 1. The van der Waals surface area contributed by atoms with Gasteiger partial charge in [-0.05, 0) is 6.92 Å². The number of pyridine rings is 1. The Morgan fingerprint density at radius 1 is 1.33 bits per heavy atom. The minimum Gasteiger partial charge on any atom is -0.444 e. The van der Waals surface area contributed by atoms with Crippen LogP contribution in [0.2, 0.25) is 0 Å². The lowest BCUT2D eigenvalue weighted by Crippen LogP contribution is -2.13. The summed E-state index contributed by atoms with van der Waals surface area (Å²) in [5.74, 6) is 3.99. The largest absolute Gasteiger partial charge is 0.444 e. The highest BCUT2D eigenvalue weighted by Crippen LogP contribution is 2.18. The van der Waals surface area contributed by atoms with E-state index in [0.717, 1.165) is 0 Å². The Morgan fingerprint density at radius 3 is 2.67 bits per heavy atom. The normalized spacial score (nSPS) is 10.4. The van der Waals surface area contributed by atoms with E-state index in [4.69, 9.17) is 10.3 Å². The van der Waals surface area contributed by atoms with Gasteiger partial charge in [0.2, 0.25) is 5.89 Å². The van der Waals surface area contributed by atoms with Gasteiger partial charge in [0.05, 0.1) is 12.7 Å². The van der Waals surface area contributed by atoms with Crippen molar-refractivity contribution in [1.82, 2.24) is 9.97 Å². The molecule has 0 amide bonds. The fourth-order valence-electron chi connectivity index (χ4n) is 1.33. The first-order chi connectivity index (χ1) is 8.60. The van der Waals surface area contributed by atoms with Crippen LogP contribution in [0.5, 0.6) is 0 Å². The van der Waals surface area contributed by atoms with Crippen LogP contribution in [0.3, 0.4) is 0 Å². The van der Waals surface area contributed by atoms with E-state index in [1.165, 1.54) is 0 Å². The van der Waals surface area contributed by atoms with E-state index in [1.54, 1.807) is 13.1 Å². The van der Waals surface area contributed by atoms with Crippen molar-refractivity contribution in [1.29, 1.82) is 0 Å². The summed E-state index contributed by atoms with van der Waals surface area (Å²) in [6.45, 7) is 1.87. The van der Waals surface area contributed by atoms with Crippen LogP contribution < -0.4 is 16.6 Å². The number of anilines is 2. The van der Waals surface area contributed by atoms with E-state index in [-0.39, 0.29) is 18.2 Å². The molecular formula is C10H11F2N5O. The van der Waals surface area contributed by atoms with Crippen LogP contribution in [0.1, 0.15) is 11.7 Å². The number of aromatic nitrogens is 2. The fourth-order valence-corrected chi connectivity index (χ4v) is 1.33. The number of aryl methyl sites for hydroxylation is 1. The first-order valence-electron chi connectivity index (χ1n) is 5.08. The molecule has 2 aromatic heterocycles. The molecule has 0 spiro atoms. The quantitative estimate of drug-likeness (QED) is 0.567. The molecule has 0 aromatic carbocycles. The molecule has 2 aromatic rings. The average molecular weight is 255 g/mol. The van der Waals surface area contributed by atoms with Gasteiger partial charge < -0.3 is 15.2 Å². The molecule has 0 unspecified atom stereocenters. The summed E-state index contributed by atoms with van der Waals surface area (Å²) >= 11 is 0. The SMILES string of the molecule is Cc1cnc(CNc2nc(NN)c(F)cc2F)o1. The van der Waals surface area contributed by atoms with Crippen molar-refractivity contribution in [2.45, 2.75) is 13.5 Å². The highest BCUT2D eigenvalue weighted by atomic mass is 19.1. The minimum absolute atomic E-state index is 0.132. The molecule has 0 saturated heterocycles. The van der Waals surface area contributed by atoms with Gasteiger partial charge in [0.25, 0.3) is 0 Å². The third-order valence-corrected chi connectivity index (χ3v) is 2.14. The van der Waals surface area contributed by atoms with Crippen molar-refractivity contribution in [2.75, 3.05) is 10.7 Å². The lowest BCUT2D eigenvalue weighted by atomic mass is 10.4. The van der Waals surface area contributed by atoms with E-state index in [2.05, 4.69) is 15.3 Å². The number of oxazole rings is 1. The van der Waals surface area contributed by atoms with Gasteiger partial charge in [0, 0.05) is 6.07 Å². The predicted octanol–water partition coefficient (Wildman–Crippen LogP) is 1.55. The number of halogens is 2.